The Hall–Kier alpha value is -2.57. The molecule has 0 bridgehead atoms. The largest absolute Gasteiger partial charge is 0.497 e. The van der Waals surface area contributed by atoms with Crippen molar-refractivity contribution < 1.29 is 9.53 Å². The predicted molar refractivity (Wildman–Crippen MR) is 105 cm³/mol. The monoisotopic (exact) mass is 385 g/mol. The van der Waals surface area contributed by atoms with E-state index in [1.165, 1.54) is 11.8 Å². The molecule has 0 aliphatic rings. The Labute approximate surface area is 160 Å². The van der Waals surface area contributed by atoms with Gasteiger partial charge in [0.15, 0.2) is 0 Å². The summed E-state index contributed by atoms with van der Waals surface area (Å²) in [5, 5.41) is 12.5. The molecular formula is C19H16ClN3O2S. The average molecular weight is 386 g/mol. The Morgan fingerprint density at radius 1 is 1.12 bits per heavy atom. The molecule has 5 nitrogen and oxygen atoms in total. The summed E-state index contributed by atoms with van der Waals surface area (Å²) in [5.41, 5.74) is 2.38. The van der Waals surface area contributed by atoms with Gasteiger partial charge >= 0.3 is 0 Å². The van der Waals surface area contributed by atoms with Crippen molar-refractivity contribution in [3.63, 3.8) is 0 Å². The fourth-order valence-electron chi connectivity index (χ4n) is 2.20. The Morgan fingerprint density at radius 2 is 1.92 bits per heavy atom. The second-order valence-electron chi connectivity index (χ2n) is 5.33. The number of carbonyl (C=O) groups excluding carboxylic acids is 1. The number of methoxy groups -OCH3 is 1. The van der Waals surface area contributed by atoms with Crippen LogP contribution in [0.5, 0.6) is 5.75 Å². The summed E-state index contributed by atoms with van der Waals surface area (Å²) in [4.78, 5) is 12.0. The summed E-state index contributed by atoms with van der Waals surface area (Å²) in [6.07, 6.45) is 0. The standard InChI is InChI=1S/C19H16ClN3O2S/c1-25-16-4-2-3-13(11-16)17-9-10-19(23-22-17)26-12-18(24)21-15-7-5-14(20)6-8-15/h2-11H,12H2,1H3,(H,21,24). The van der Waals surface area contributed by atoms with Gasteiger partial charge < -0.3 is 10.1 Å². The van der Waals surface area contributed by atoms with Crippen LogP contribution in [0.3, 0.4) is 0 Å². The number of amides is 1. The molecule has 0 atom stereocenters. The van der Waals surface area contributed by atoms with Gasteiger partial charge in [0.1, 0.15) is 10.8 Å². The molecule has 0 radical (unpaired) electrons. The van der Waals surface area contributed by atoms with E-state index in [1.807, 2.05) is 36.4 Å². The number of ether oxygens (including phenoxy) is 1. The highest BCUT2D eigenvalue weighted by atomic mass is 35.5. The first-order chi connectivity index (χ1) is 12.6. The van der Waals surface area contributed by atoms with Gasteiger partial charge in [-0.3, -0.25) is 4.79 Å². The van der Waals surface area contributed by atoms with Crippen LogP contribution in [0, 0.1) is 0 Å². The minimum atomic E-state index is -0.115. The molecule has 7 heteroatoms. The summed E-state index contributed by atoms with van der Waals surface area (Å²) in [7, 11) is 1.62. The molecule has 0 spiro atoms. The molecule has 0 saturated carbocycles. The first-order valence-corrected chi connectivity index (χ1v) is 9.17. The number of nitrogens with zero attached hydrogens (tertiary/aromatic N) is 2. The second kappa shape index (κ2) is 8.69. The van der Waals surface area contributed by atoms with Gasteiger partial charge in [0.05, 0.1) is 18.6 Å². The summed E-state index contributed by atoms with van der Waals surface area (Å²) >= 11 is 7.15. The Balaban J connectivity index is 1.57. The molecule has 132 valence electrons. The fraction of sp³-hybridized carbons (Fsp3) is 0.105. The highest BCUT2D eigenvalue weighted by molar-refractivity contribution is 7.99. The number of halogens is 1. The third-order valence-electron chi connectivity index (χ3n) is 3.48. The quantitative estimate of drug-likeness (QED) is 0.631. The third-order valence-corrected chi connectivity index (χ3v) is 4.66. The number of anilines is 1. The molecule has 1 N–H and O–H groups in total. The van der Waals surface area contributed by atoms with Crippen molar-refractivity contribution in [1.82, 2.24) is 10.2 Å². The number of aromatic nitrogens is 2. The smallest absolute Gasteiger partial charge is 0.234 e. The number of hydrogen-bond acceptors (Lipinski definition) is 5. The molecule has 0 aliphatic carbocycles. The summed E-state index contributed by atoms with van der Waals surface area (Å²) < 4.78 is 5.22. The van der Waals surface area contributed by atoms with Crippen molar-refractivity contribution in [2.45, 2.75) is 5.03 Å². The Morgan fingerprint density at radius 3 is 2.62 bits per heavy atom. The van der Waals surface area contributed by atoms with E-state index in [0.717, 1.165) is 17.0 Å². The van der Waals surface area contributed by atoms with Gasteiger partial charge in [-0.25, -0.2) is 0 Å². The van der Waals surface area contributed by atoms with Crippen LogP contribution >= 0.6 is 23.4 Å². The fourth-order valence-corrected chi connectivity index (χ4v) is 2.94. The number of hydrogen-bond donors (Lipinski definition) is 1. The number of benzene rings is 2. The number of nitrogens with one attached hydrogen (secondary N) is 1. The number of rotatable bonds is 6. The molecular weight excluding hydrogens is 370 g/mol. The van der Waals surface area contributed by atoms with E-state index in [1.54, 1.807) is 31.4 Å². The molecule has 1 heterocycles. The van der Waals surface area contributed by atoms with Gasteiger partial charge in [-0.05, 0) is 48.5 Å². The molecule has 1 amide bonds. The van der Waals surface area contributed by atoms with Crippen LogP contribution in [0.4, 0.5) is 5.69 Å². The van der Waals surface area contributed by atoms with E-state index in [2.05, 4.69) is 15.5 Å². The Kier molecular flexibility index (Phi) is 6.09. The van der Waals surface area contributed by atoms with Crippen LogP contribution in [0.25, 0.3) is 11.3 Å². The van der Waals surface area contributed by atoms with Gasteiger partial charge in [-0.1, -0.05) is 35.5 Å². The van der Waals surface area contributed by atoms with Crippen LogP contribution < -0.4 is 10.1 Å². The topological polar surface area (TPSA) is 64.1 Å². The van der Waals surface area contributed by atoms with Crippen LogP contribution in [0.1, 0.15) is 0 Å². The van der Waals surface area contributed by atoms with Gasteiger partial charge in [0.2, 0.25) is 5.91 Å². The normalized spacial score (nSPS) is 10.4. The predicted octanol–water partition coefficient (Wildman–Crippen LogP) is 4.54. The molecule has 0 fully saturated rings. The number of thioether (sulfide) groups is 1. The minimum absolute atomic E-state index is 0.115. The third kappa shape index (κ3) is 4.97. The molecule has 0 aliphatic heterocycles. The lowest BCUT2D eigenvalue weighted by molar-refractivity contribution is -0.113. The first-order valence-electron chi connectivity index (χ1n) is 7.80. The van der Waals surface area contributed by atoms with Crippen LogP contribution in [-0.4, -0.2) is 29.0 Å². The maximum atomic E-state index is 12.0. The lowest BCUT2D eigenvalue weighted by atomic mass is 10.1. The van der Waals surface area contributed by atoms with Crippen molar-refractivity contribution in [3.05, 3.63) is 65.7 Å². The maximum Gasteiger partial charge on any atom is 0.234 e. The molecule has 1 aromatic heterocycles. The lowest BCUT2D eigenvalue weighted by Gasteiger charge is -2.06. The summed E-state index contributed by atoms with van der Waals surface area (Å²) in [5.74, 6) is 0.896. The summed E-state index contributed by atoms with van der Waals surface area (Å²) in [6, 6.07) is 18.3. The minimum Gasteiger partial charge on any atom is -0.497 e. The molecule has 26 heavy (non-hydrogen) atoms. The highest BCUT2D eigenvalue weighted by Gasteiger charge is 2.07. The molecule has 0 saturated heterocycles. The summed E-state index contributed by atoms with van der Waals surface area (Å²) in [6.45, 7) is 0. The van der Waals surface area contributed by atoms with Crippen LogP contribution in [0.15, 0.2) is 65.7 Å². The van der Waals surface area contributed by atoms with Crippen molar-refractivity contribution >= 4 is 35.0 Å². The van der Waals surface area contributed by atoms with Gasteiger partial charge in [0, 0.05) is 16.3 Å². The first kappa shape index (κ1) is 18.2. The van der Waals surface area contributed by atoms with E-state index in [-0.39, 0.29) is 11.7 Å². The zero-order valence-electron chi connectivity index (χ0n) is 14.0. The van der Waals surface area contributed by atoms with Crippen molar-refractivity contribution in [2.24, 2.45) is 0 Å². The molecule has 0 unspecified atom stereocenters. The maximum absolute atomic E-state index is 12.0. The molecule has 3 aromatic rings. The molecule has 3 rings (SSSR count). The van der Waals surface area contributed by atoms with Crippen molar-refractivity contribution in [2.75, 3.05) is 18.2 Å². The SMILES string of the molecule is COc1cccc(-c2ccc(SCC(=O)Nc3ccc(Cl)cc3)nn2)c1. The van der Waals surface area contributed by atoms with Crippen molar-refractivity contribution in [1.29, 1.82) is 0 Å². The van der Waals surface area contributed by atoms with E-state index in [9.17, 15) is 4.79 Å². The molecule has 2 aromatic carbocycles. The van der Waals surface area contributed by atoms with Crippen LogP contribution in [-0.2, 0) is 4.79 Å². The van der Waals surface area contributed by atoms with Gasteiger partial charge in [-0.2, -0.15) is 0 Å². The van der Waals surface area contributed by atoms with Gasteiger partial charge in [-0.15, -0.1) is 10.2 Å². The number of carbonyl (C=O) groups is 1. The van der Waals surface area contributed by atoms with Gasteiger partial charge in [0.25, 0.3) is 0 Å². The van der Waals surface area contributed by atoms with E-state index < -0.39 is 0 Å². The zero-order valence-corrected chi connectivity index (χ0v) is 15.6. The van der Waals surface area contributed by atoms with E-state index in [0.29, 0.717) is 15.7 Å². The van der Waals surface area contributed by atoms with Crippen molar-refractivity contribution in [3.8, 4) is 17.0 Å². The average Bonchev–Trinajstić information content (AvgIpc) is 2.68. The van der Waals surface area contributed by atoms with Crippen LogP contribution in [0.2, 0.25) is 5.02 Å². The lowest BCUT2D eigenvalue weighted by Crippen LogP contribution is -2.14. The Bertz CT molecular complexity index is 886. The zero-order chi connectivity index (χ0) is 18.4. The van der Waals surface area contributed by atoms with E-state index in [4.69, 9.17) is 16.3 Å². The highest BCUT2D eigenvalue weighted by Crippen LogP contribution is 2.23. The second-order valence-corrected chi connectivity index (χ2v) is 6.76. The van der Waals surface area contributed by atoms with E-state index >= 15 is 0 Å².